The molecule has 0 bridgehead atoms. The molecule has 0 aliphatic heterocycles. The number of thiophene rings is 1. The van der Waals surface area contributed by atoms with Crippen LogP contribution in [0.4, 0.5) is 15.5 Å². The number of fused-ring (bicyclic) bond motifs is 1. The summed E-state index contributed by atoms with van der Waals surface area (Å²) in [6.07, 6.45) is 2.86. The zero-order valence-corrected chi connectivity index (χ0v) is 20.9. The second kappa shape index (κ2) is 9.92. The Balaban J connectivity index is 1.48. The molecule has 2 aromatic heterocycles. The van der Waals surface area contributed by atoms with E-state index in [0.717, 1.165) is 26.3 Å². The molecule has 2 heterocycles. The highest BCUT2D eigenvalue weighted by Crippen LogP contribution is 2.41. The molecule has 0 unspecified atom stereocenters. The molecule has 2 N–H and O–H groups in total. The maximum Gasteiger partial charge on any atom is 0.324 e. The number of rotatable bonds is 7. The minimum atomic E-state index is -3.36. The zero-order valence-electron chi connectivity index (χ0n) is 18.5. The van der Waals surface area contributed by atoms with Crippen molar-refractivity contribution in [3.05, 3.63) is 60.8 Å². The average Bonchev–Trinajstić information content (AvgIpc) is 3.24. The third kappa shape index (κ3) is 5.44. The molecule has 0 spiro atoms. The number of urea groups is 1. The normalized spacial score (nSPS) is 11.3. The molecule has 2 aromatic carbocycles. The molecule has 0 radical (unpaired) electrons. The highest BCUT2D eigenvalue weighted by molar-refractivity contribution is 8.01. The van der Waals surface area contributed by atoms with Gasteiger partial charge in [0.2, 0.25) is 0 Å². The number of carbonyl (C=O) groups is 1. The van der Waals surface area contributed by atoms with Gasteiger partial charge in [0.15, 0.2) is 21.3 Å². The molecular formula is C23H21N3O5S3. The van der Waals surface area contributed by atoms with Gasteiger partial charge in [-0.1, -0.05) is 17.8 Å². The number of sulfone groups is 1. The van der Waals surface area contributed by atoms with Gasteiger partial charge in [0.1, 0.15) is 0 Å². The van der Waals surface area contributed by atoms with Gasteiger partial charge in [-0.05, 0) is 42.5 Å². The lowest BCUT2D eigenvalue weighted by Gasteiger charge is -2.10. The Morgan fingerprint density at radius 1 is 1.00 bits per heavy atom. The molecule has 8 nitrogen and oxygen atoms in total. The molecule has 176 valence electrons. The summed E-state index contributed by atoms with van der Waals surface area (Å²) in [4.78, 5) is 18.0. The zero-order chi connectivity index (χ0) is 24.3. The second-order valence-corrected chi connectivity index (χ2v) is 11.6. The van der Waals surface area contributed by atoms with Gasteiger partial charge in [-0.25, -0.2) is 13.2 Å². The predicted molar refractivity (Wildman–Crippen MR) is 135 cm³/mol. The third-order valence-electron chi connectivity index (χ3n) is 4.76. The molecule has 0 aliphatic carbocycles. The SMILES string of the molecule is COc1cc2nccc(Sc3ccc(NC(=O)Nc4cccc(S(C)(=O)=O)c4)s3)c2cc1OC. The number of pyridine rings is 1. The van der Waals surface area contributed by atoms with Crippen molar-refractivity contribution in [3.8, 4) is 11.5 Å². The fraction of sp³-hybridized carbons (Fsp3) is 0.130. The molecule has 0 saturated carbocycles. The fourth-order valence-electron chi connectivity index (χ4n) is 3.17. The Kier molecular flexibility index (Phi) is 6.96. The lowest BCUT2D eigenvalue weighted by molar-refractivity contribution is 0.262. The Morgan fingerprint density at radius 3 is 2.50 bits per heavy atom. The van der Waals surface area contributed by atoms with Crippen molar-refractivity contribution >= 4 is 60.6 Å². The number of carbonyl (C=O) groups excluding carboxylic acids is 1. The van der Waals surface area contributed by atoms with E-state index in [1.807, 2.05) is 30.3 Å². The van der Waals surface area contributed by atoms with E-state index in [1.54, 1.807) is 44.3 Å². The topological polar surface area (TPSA) is 107 Å². The van der Waals surface area contributed by atoms with E-state index in [0.29, 0.717) is 22.2 Å². The maximum atomic E-state index is 12.4. The summed E-state index contributed by atoms with van der Waals surface area (Å²) in [5, 5.41) is 7.02. The Hall–Kier alpha value is -3.28. The molecule has 0 saturated heterocycles. The Morgan fingerprint density at radius 2 is 1.76 bits per heavy atom. The van der Waals surface area contributed by atoms with Crippen LogP contribution in [0.2, 0.25) is 0 Å². The number of hydrogen-bond acceptors (Lipinski definition) is 8. The second-order valence-electron chi connectivity index (χ2n) is 7.13. The van der Waals surface area contributed by atoms with Gasteiger partial charge in [-0.2, -0.15) is 0 Å². The summed E-state index contributed by atoms with van der Waals surface area (Å²) >= 11 is 2.97. The monoisotopic (exact) mass is 515 g/mol. The van der Waals surface area contributed by atoms with E-state index in [1.165, 1.54) is 23.5 Å². The molecular weight excluding hydrogens is 494 g/mol. The van der Waals surface area contributed by atoms with Crippen molar-refractivity contribution in [1.82, 2.24) is 4.98 Å². The van der Waals surface area contributed by atoms with Crippen LogP contribution < -0.4 is 20.1 Å². The van der Waals surface area contributed by atoms with Crippen molar-refractivity contribution in [2.45, 2.75) is 14.0 Å². The first-order chi connectivity index (χ1) is 16.3. The first kappa shape index (κ1) is 23.9. The molecule has 11 heteroatoms. The molecule has 4 rings (SSSR count). The van der Waals surface area contributed by atoms with Crippen molar-refractivity contribution in [3.63, 3.8) is 0 Å². The van der Waals surface area contributed by atoms with E-state index >= 15 is 0 Å². The van der Waals surface area contributed by atoms with Crippen LogP contribution in [-0.4, -0.2) is 39.9 Å². The fourth-order valence-corrected chi connectivity index (χ4v) is 5.93. The molecule has 34 heavy (non-hydrogen) atoms. The van der Waals surface area contributed by atoms with Crippen molar-refractivity contribution in [2.24, 2.45) is 0 Å². The lowest BCUT2D eigenvalue weighted by Crippen LogP contribution is -2.18. The van der Waals surface area contributed by atoms with Crippen molar-refractivity contribution < 1.29 is 22.7 Å². The van der Waals surface area contributed by atoms with E-state index in [-0.39, 0.29) is 4.90 Å². The third-order valence-corrected chi connectivity index (χ3v) is 8.07. The van der Waals surface area contributed by atoms with Gasteiger partial charge < -0.3 is 14.8 Å². The first-order valence-electron chi connectivity index (χ1n) is 9.93. The minimum absolute atomic E-state index is 0.138. The number of nitrogens with zero attached hydrogens (tertiary/aromatic N) is 1. The molecule has 2 amide bonds. The largest absolute Gasteiger partial charge is 0.493 e. The maximum absolute atomic E-state index is 12.4. The van der Waals surface area contributed by atoms with Gasteiger partial charge >= 0.3 is 6.03 Å². The lowest BCUT2D eigenvalue weighted by atomic mass is 10.2. The summed E-state index contributed by atoms with van der Waals surface area (Å²) in [5.41, 5.74) is 1.17. The van der Waals surface area contributed by atoms with Crippen molar-refractivity contribution in [1.29, 1.82) is 0 Å². The summed E-state index contributed by atoms with van der Waals surface area (Å²) in [5.74, 6) is 1.23. The quantitative estimate of drug-likeness (QED) is 0.334. The number of nitrogens with one attached hydrogen (secondary N) is 2. The van der Waals surface area contributed by atoms with Gasteiger partial charge in [-0.3, -0.25) is 10.3 Å². The summed E-state index contributed by atoms with van der Waals surface area (Å²) in [7, 11) is -0.188. The predicted octanol–water partition coefficient (Wildman–Crippen LogP) is 5.51. The van der Waals surface area contributed by atoms with Crippen LogP contribution in [0, 0.1) is 0 Å². The number of anilines is 2. The first-order valence-corrected chi connectivity index (χ1v) is 13.5. The van der Waals surface area contributed by atoms with E-state index in [4.69, 9.17) is 9.47 Å². The number of methoxy groups -OCH3 is 2. The highest BCUT2D eigenvalue weighted by atomic mass is 32.2. The highest BCUT2D eigenvalue weighted by Gasteiger charge is 2.13. The number of ether oxygens (including phenoxy) is 2. The summed E-state index contributed by atoms with van der Waals surface area (Å²) in [6.45, 7) is 0. The van der Waals surface area contributed by atoms with Crippen LogP contribution in [0.1, 0.15) is 0 Å². The minimum Gasteiger partial charge on any atom is -0.493 e. The average molecular weight is 516 g/mol. The summed E-state index contributed by atoms with van der Waals surface area (Å²) in [6, 6.07) is 15.0. The van der Waals surface area contributed by atoms with Crippen molar-refractivity contribution in [2.75, 3.05) is 31.1 Å². The Bertz CT molecular complexity index is 1470. The van der Waals surface area contributed by atoms with Gasteiger partial charge in [0.25, 0.3) is 0 Å². The van der Waals surface area contributed by atoms with Crippen LogP contribution in [0.5, 0.6) is 11.5 Å². The van der Waals surface area contributed by atoms with Crippen LogP contribution in [-0.2, 0) is 9.84 Å². The Labute approximate surface area is 205 Å². The molecule has 0 atom stereocenters. The standard InChI is InChI=1S/C23H21N3O5S3/c1-30-18-12-16-17(13-19(18)31-2)24-10-9-20(16)32-22-8-7-21(33-22)26-23(27)25-14-5-4-6-15(11-14)34(3,28)29/h4-13H,1-3H3,(H2,25,26,27). The summed E-state index contributed by atoms with van der Waals surface area (Å²) < 4.78 is 35.2. The van der Waals surface area contributed by atoms with Gasteiger partial charge in [0, 0.05) is 34.5 Å². The number of amides is 2. The van der Waals surface area contributed by atoms with Crippen LogP contribution in [0.25, 0.3) is 10.9 Å². The number of benzene rings is 2. The van der Waals surface area contributed by atoms with E-state index < -0.39 is 15.9 Å². The molecule has 4 aromatic rings. The number of aromatic nitrogens is 1. The van der Waals surface area contributed by atoms with Gasteiger partial charge in [-0.15, -0.1) is 11.3 Å². The molecule has 0 aliphatic rings. The molecule has 0 fully saturated rings. The number of hydrogen-bond donors (Lipinski definition) is 2. The van der Waals surface area contributed by atoms with Crippen LogP contribution in [0.3, 0.4) is 0 Å². The van der Waals surface area contributed by atoms with Crippen LogP contribution >= 0.6 is 23.1 Å². The van der Waals surface area contributed by atoms with Crippen LogP contribution in [0.15, 0.2) is 74.8 Å². The smallest absolute Gasteiger partial charge is 0.324 e. The van der Waals surface area contributed by atoms with E-state index in [9.17, 15) is 13.2 Å². The van der Waals surface area contributed by atoms with Gasteiger partial charge in [0.05, 0.1) is 33.8 Å². The van der Waals surface area contributed by atoms with E-state index in [2.05, 4.69) is 15.6 Å².